The van der Waals surface area contributed by atoms with Crippen LogP contribution in [0.3, 0.4) is 0 Å². The van der Waals surface area contributed by atoms with Crippen molar-refractivity contribution < 1.29 is 14.3 Å². The maximum absolute atomic E-state index is 11.4. The second-order valence-corrected chi connectivity index (χ2v) is 9.63. The molecule has 1 aromatic heterocycles. The molecule has 1 aliphatic rings. The number of esters is 1. The van der Waals surface area contributed by atoms with Gasteiger partial charge in [-0.05, 0) is 67.5 Å². The average molecular weight is 428 g/mol. The van der Waals surface area contributed by atoms with E-state index in [-0.39, 0.29) is 11.4 Å². The van der Waals surface area contributed by atoms with Gasteiger partial charge in [-0.25, -0.2) is 0 Å². The maximum atomic E-state index is 11.4. The van der Waals surface area contributed by atoms with Crippen LogP contribution >= 0.6 is 11.8 Å². The van der Waals surface area contributed by atoms with Crippen LogP contribution in [0.25, 0.3) is 11.3 Å². The number of benzene rings is 1. The molecule has 30 heavy (non-hydrogen) atoms. The van der Waals surface area contributed by atoms with E-state index in [2.05, 4.69) is 45.0 Å². The number of nitrogens with zero attached hydrogens (tertiary/aromatic N) is 1. The number of pyridine rings is 1. The van der Waals surface area contributed by atoms with Gasteiger partial charge in [0.1, 0.15) is 5.75 Å². The number of carbonyl (C=O) groups is 1. The molecule has 0 aliphatic carbocycles. The number of ether oxygens (including phenoxy) is 2. The fourth-order valence-corrected chi connectivity index (χ4v) is 4.62. The van der Waals surface area contributed by atoms with Crippen molar-refractivity contribution in [1.29, 1.82) is 0 Å². The molecule has 1 aliphatic heterocycles. The highest BCUT2D eigenvalue weighted by Gasteiger charge is 2.30. The average Bonchev–Trinajstić information content (AvgIpc) is 2.72. The summed E-state index contributed by atoms with van der Waals surface area (Å²) in [6.07, 6.45) is 6.22. The first kappa shape index (κ1) is 22.7. The molecule has 0 atom stereocenters. The Balaban J connectivity index is 1.74. The van der Waals surface area contributed by atoms with Crippen LogP contribution in [0.2, 0.25) is 0 Å². The number of thioether (sulfide) groups is 1. The Hall–Kier alpha value is -2.01. The molecule has 0 amide bonds. The Morgan fingerprint density at radius 2 is 2.07 bits per heavy atom. The lowest BCUT2D eigenvalue weighted by atomic mass is 9.79. The van der Waals surface area contributed by atoms with E-state index in [4.69, 9.17) is 14.5 Å². The number of hydrogen-bond donors (Lipinski definition) is 0. The van der Waals surface area contributed by atoms with Crippen LogP contribution in [0, 0.1) is 0 Å². The largest absolute Gasteiger partial charge is 0.493 e. The molecular weight excluding hydrogens is 394 g/mol. The first-order valence-electron chi connectivity index (χ1n) is 11.0. The van der Waals surface area contributed by atoms with E-state index in [1.54, 1.807) is 0 Å². The van der Waals surface area contributed by atoms with Crippen molar-refractivity contribution in [3.63, 3.8) is 0 Å². The molecule has 1 aromatic carbocycles. The summed E-state index contributed by atoms with van der Waals surface area (Å²) in [5.74, 6) is 1.92. The molecule has 0 unspecified atom stereocenters. The molecule has 2 heterocycles. The number of unbranched alkanes of at least 4 members (excludes halogenated alkanes) is 1. The van der Waals surface area contributed by atoms with Crippen LogP contribution in [0.4, 0.5) is 0 Å². The van der Waals surface area contributed by atoms with Crippen molar-refractivity contribution in [2.75, 3.05) is 19.0 Å². The minimum Gasteiger partial charge on any atom is -0.493 e. The summed E-state index contributed by atoms with van der Waals surface area (Å²) >= 11 is 1.83. The number of aryl methyl sites for hydroxylation is 1. The summed E-state index contributed by atoms with van der Waals surface area (Å²) < 4.78 is 11.0. The molecule has 162 valence electrons. The highest BCUT2D eigenvalue weighted by Crippen LogP contribution is 2.44. The molecule has 0 spiro atoms. The van der Waals surface area contributed by atoms with Crippen molar-refractivity contribution in [2.24, 2.45) is 0 Å². The van der Waals surface area contributed by atoms with Crippen molar-refractivity contribution in [3.05, 3.63) is 41.6 Å². The van der Waals surface area contributed by atoms with Crippen molar-refractivity contribution in [1.82, 2.24) is 4.98 Å². The summed E-state index contributed by atoms with van der Waals surface area (Å²) in [6.45, 7) is 9.82. The second kappa shape index (κ2) is 10.3. The third-order valence-corrected chi connectivity index (χ3v) is 6.54. The normalized spacial score (nSPS) is 14.7. The molecule has 0 bridgehead atoms. The quantitative estimate of drug-likeness (QED) is 0.271. The molecule has 0 saturated heterocycles. The van der Waals surface area contributed by atoms with E-state index in [0.717, 1.165) is 49.5 Å². The van der Waals surface area contributed by atoms with E-state index >= 15 is 0 Å². The van der Waals surface area contributed by atoms with Gasteiger partial charge in [-0.2, -0.15) is 0 Å². The Morgan fingerprint density at radius 1 is 1.23 bits per heavy atom. The van der Waals surface area contributed by atoms with Crippen molar-refractivity contribution in [3.8, 4) is 17.0 Å². The number of hydrogen-bond acceptors (Lipinski definition) is 5. The summed E-state index contributed by atoms with van der Waals surface area (Å²) in [4.78, 5) is 17.5. The van der Waals surface area contributed by atoms with E-state index in [1.165, 1.54) is 21.6 Å². The first-order chi connectivity index (χ1) is 14.4. The molecule has 2 aromatic rings. The lowest BCUT2D eigenvalue weighted by Crippen LogP contribution is -2.26. The first-order valence-corrected chi connectivity index (χ1v) is 12.0. The van der Waals surface area contributed by atoms with Gasteiger partial charge in [0.15, 0.2) is 0 Å². The van der Waals surface area contributed by atoms with Gasteiger partial charge in [-0.3, -0.25) is 9.78 Å². The predicted molar refractivity (Wildman–Crippen MR) is 123 cm³/mol. The minimum atomic E-state index is -0.105. The lowest BCUT2D eigenvalue weighted by Gasteiger charge is -2.33. The van der Waals surface area contributed by atoms with Gasteiger partial charge in [-0.1, -0.05) is 26.8 Å². The Morgan fingerprint density at radius 3 is 2.77 bits per heavy atom. The van der Waals surface area contributed by atoms with Gasteiger partial charge < -0.3 is 9.47 Å². The zero-order valence-electron chi connectivity index (χ0n) is 18.6. The molecule has 0 saturated carbocycles. The van der Waals surface area contributed by atoms with Gasteiger partial charge in [0.25, 0.3) is 0 Å². The predicted octanol–water partition coefficient (Wildman–Crippen LogP) is 6.20. The van der Waals surface area contributed by atoms with E-state index in [1.807, 2.05) is 24.9 Å². The Kier molecular flexibility index (Phi) is 7.81. The zero-order chi connectivity index (χ0) is 21.6. The van der Waals surface area contributed by atoms with Gasteiger partial charge in [-0.15, -0.1) is 11.8 Å². The zero-order valence-corrected chi connectivity index (χ0v) is 19.4. The fourth-order valence-electron chi connectivity index (χ4n) is 3.80. The monoisotopic (exact) mass is 427 g/mol. The molecular formula is C25H33NO3S. The molecule has 3 rings (SSSR count). The van der Waals surface area contributed by atoms with Crippen LogP contribution in [-0.2, 0) is 21.4 Å². The smallest absolute Gasteiger partial charge is 0.305 e. The molecule has 5 heteroatoms. The molecule has 0 N–H and O–H groups in total. The standard InChI is InChI=1S/C25H33NO3S/c1-5-28-24(27)10-8-7-9-18-11-12-21(26-17-18)19-15-20-22(16-23(19)30-6-2)29-14-13-25(20,3)4/h11-12,15-17H,5-10,13-14H2,1-4H3. The highest BCUT2D eigenvalue weighted by atomic mass is 32.2. The number of rotatable bonds is 9. The Bertz CT molecular complexity index is 861. The Labute approximate surface area is 184 Å². The third-order valence-electron chi connectivity index (χ3n) is 5.60. The van der Waals surface area contributed by atoms with Crippen LogP contribution in [0.5, 0.6) is 5.75 Å². The summed E-state index contributed by atoms with van der Waals surface area (Å²) in [6, 6.07) is 8.77. The lowest BCUT2D eigenvalue weighted by molar-refractivity contribution is -0.143. The second-order valence-electron chi connectivity index (χ2n) is 8.32. The summed E-state index contributed by atoms with van der Waals surface area (Å²) in [5.41, 5.74) is 4.78. The van der Waals surface area contributed by atoms with E-state index in [9.17, 15) is 4.79 Å². The number of aromatic nitrogens is 1. The van der Waals surface area contributed by atoms with E-state index < -0.39 is 0 Å². The van der Waals surface area contributed by atoms with Gasteiger partial charge in [0.2, 0.25) is 0 Å². The van der Waals surface area contributed by atoms with Crippen molar-refractivity contribution >= 4 is 17.7 Å². The molecule has 0 radical (unpaired) electrons. The number of carbonyl (C=O) groups excluding carboxylic acids is 1. The van der Waals surface area contributed by atoms with Gasteiger partial charge in [0.05, 0.1) is 18.9 Å². The molecule has 4 nitrogen and oxygen atoms in total. The topological polar surface area (TPSA) is 48.4 Å². The van der Waals surface area contributed by atoms with E-state index in [0.29, 0.717) is 13.0 Å². The minimum absolute atomic E-state index is 0.105. The van der Waals surface area contributed by atoms with Crippen LogP contribution in [0.15, 0.2) is 35.4 Å². The summed E-state index contributed by atoms with van der Waals surface area (Å²) in [7, 11) is 0. The number of fused-ring (bicyclic) bond motifs is 1. The van der Waals surface area contributed by atoms with Crippen molar-refractivity contribution in [2.45, 2.75) is 70.1 Å². The van der Waals surface area contributed by atoms with Gasteiger partial charge >= 0.3 is 5.97 Å². The van der Waals surface area contributed by atoms with Crippen LogP contribution in [-0.4, -0.2) is 29.9 Å². The third kappa shape index (κ3) is 5.57. The van der Waals surface area contributed by atoms with Crippen LogP contribution in [0.1, 0.15) is 64.5 Å². The summed E-state index contributed by atoms with van der Waals surface area (Å²) in [5, 5.41) is 0. The van der Waals surface area contributed by atoms with Gasteiger partial charge in [0, 0.05) is 28.6 Å². The maximum Gasteiger partial charge on any atom is 0.305 e. The van der Waals surface area contributed by atoms with Crippen LogP contribution < -0.4 is 4.74 Å². The fraction of sp³-hybridized carbons (Fsp3) is 0.520. The SMILES string of the molecule is CCOC(=O)CCCCc1ccc(-c2cc3c(cc2SCC)OCCC3(C)C)nc1. The molecule has 0 fully saturated rings. The highest BCUT2D eigenvalue weighted by molar-refractivity contribution is 7.99.